The first kappa shape index (κ1) is 14.7. The lowest BCUT2D eigenvalue weighted by Gasteiger charge is -2.24. The van der Waals surface area contributed by atoms with Gasteiger partial charge in [-0.15, -0.1) is 0 Å². The topological polar surface area (TPSA) is 48.3 Å². The number of cyclic esters (lactones) is 1. The average molecular weight is 329 g/mol. The van der Waals surface area contributed by atoms with E-state index in [2.05, 4.69) is 16.8 Å². The van der Waals surface area contributed by atoms with Crippen LogP contribution < -0.4 is 5.56 Å². The first-order valence-electron chi connectivity index (χ1n) is 8.08. The average Bonchev–Trinajstić information content (AvgIpc) is 3.15. The fraction of sp³-hybridized carbons (Fsp3) is 0.444. The van der Waals surface area contributed by atoms with Gasteiger partial charge in [0.05, 0.1) is 0 Å². The highest BCUT2D eigenvalue weighted by Crippen LogP contribution is 2.40. The number of ether oxygens (including phenoxy) is 1. The molecule has 5 heteroatoms. The van der Waals surface area contributed by atoms with E-state index in [-0.39, 0.29) is 17.2 Å². The molecule has 0 aromatic carbocycles. The smallest absolute Gasteiger partial charge is 0.345 e. The molecule has 1 unspecified atom stereocenters. The van der Waals surface area contributed by atoms with E-state index in [1.807, 2.05) is 19.2 Å². The van der Waals surface area contributed by atoms with Crippen LogP contribution in [0.5, 0.6) is 0 Å². The summed E-state index contributed by atoms with van der Waals surface area (Å²) >= 11 is 1.69. The van der Waals surface area contributed by atoms with Crippen molar-refractivity contribution >= 4 is 17.3 Å². The number of esters is 1. The Bertz CT molecular complexity index is 804. The molecule has 1 saturated carbocycles. The van der Waals surface area contributed by atoms with Crippen LogP contribution >= 0.6 is 11.3 Å². The Morgan fingerprint density at radius 2 is 2.17 bits per heavy atom. The van der Waals surface area contributed by atoms with Crippen LogP contribution in [0.15, 0.2) is 33.9 Å². The second kappa shape index (κ2) is 5.34. The quantitative estimate of drug-likeness (QED) is 0.787. The van der Waals surface area contributed by atoms with Gasteiger partial charge in [-0.3, -0.25) is 4.79 Å². The first-order chi connectivity index (χ1) is 11.1. The highest BCUT2D eigenvalue weighted by molar-refractivity contribution is 7.07. The van der Waals surface area contributed by atoms with Crippen LogP contribution in [-0.4, -0.2) is 10.5 Å². The number of aryl methyl sites for hydroxylation is 1. The molecule has 1 aliphatic heterocycles. The fourth-order valence-corrected chi connectivity index (χ4v) is 4.09. The minimum absolute atomic E-state index is 0.184. The van der Waals surface area contributed by atoms with E-state index >= 15 is 0 Å². The summed E-state index contributed by atoms with van der Waals surface area (Å²) in [6.07, 6.45) is 6.49. The van der Waals surface area contributed by atoms with Crippen LogP contribution in [0.4, 0.5) is 0 Å². The lowest BCUT2D eigenvalue weighted by atomic mass is 9.89. The van der Waals surface area contributed by atoms with Crippen molar-refractivity contribution in [1.82, 2.24) is 4.57 Å². The number of carbonyl (C=O) groups excluding carboxylic acids is 1. The van der Waals surface area contributed by atoms with E-state index in [4.69, 9.17) is 4.74 Å². The Kier molecular flexibility index (Phi) is 3.41. The maximum atomic E-state index is 12.6. The van der Waals surface area contributed by atoms with E-state index in [0.29, 0.717) is 0 Å². The molecule has 0 saturated heterocycles. The third-order valence-electron chi connectivity index (χ3n) is 4.85. The summed E-state index contributed by atoms with van der Waals surface area (Å²) in [6, 6.07) is 4.30. The second-order valence-electron chi connectivity index (χ2n) is 6.65. The molecule has 0 bridgehead atoms. The lowest BCUT2D eigenvalue weighted by molar-refractivity contribution is -0.00388. The Morgan fingerprint density at radius 1 is 1.35 bits per heavy atom. The van der Waals surface area contributed by atoms with Crippen molar-refractivity contribution in [2.45, 2.75) is 50.7 Å². The number of fused-ring (bicyclic) bond motifs is 1. The molecule has 0 amide bonds. The van der Waals surface area contributed by atoms with E-state index in [9.17, 15) is 9.59 Å². The van der Waals surface area contributed by atoms with E-state index in [1.165, 1.54) is 5.56 Å². The summed E-state index contributed by atoms with van der Waals surface area (Å²) in [4.78, 5) is 24.8. The van der Waals surface area contributed by atoms with E-state index < -0.39 is 11.6 Å². The third kappa shape index (κ3) is 2.53. The van der Waals surface area contributed by atoms with Gasteiger partial charge in [-0.2, -0.15) is 11.3 Å². The van der Waals surface area contributed by atoms with Gasteiger partial charge in [0, 0.05) is 17.8 Å². The number of hydrogen-bond donors (Lipinski definition) is 0. The zero-order valence-corrected chi connectivity index (χ0v) is 13.9. The summed E-state index contributed by atoms with van der Waals surface area (Å²) in [5.74, 6) is -0.460. The molecular formula is C18H19NO3S. The number of pyridine rings is 1. The summed E-state index contributed by atoms with van der Waals surface area (Å²) in [6.45, 7) is 1.92. The molecule has 4 rings (SSSR count). The van der Waals surface area contributed by atoms with Crippen molar-refractivity contribution in [3.63, 3.8) is 0 Å². The van der Waals surface area contributed by atoms with Crippen molar-refractivity contribution in [1.29, 1.82) is 0 Å². The van der Waals surface area contributed by atoms with Gasteiger partial charge >= 0.3 is 5.97 Å². The molecule has 1 fully saturated rings. The highest BCUT2D eigenvalue weighted by atomic mass is 32.1. The molecular weight excluding hydrogens is 310 g/mol. The summed E-state index contributed by atoms with van der Waals surface area (Å²) in [5.41, 5.74) is 1.46. The van der Waals surface area contributed by atoms with Crippen LogP contribution in [-0.2, 0) is 16.8 Å². The van der Waals surface area contributed by atoms with Crippen molar-refractivity contribution in [3.05, 3.63) is 56.1 Å². The Labute approximate surface area is 138 Å². The molecule has 120 valence electrons. The third-order valence-corrected chi connectivity index (χ3v) is 5.58. The van der Waals surface area contributed by atoms with Crippen molar-refractivity contribution in [2.24, 2.45) is 0 Å². The van der Waals surface area contributed by atoms with Crippen LogP contribution in [0.3, 0.4) is 0 Å². The molecule has 1 atom stereocenters. The number of rotatable bonds is 5. The van der Waals surface area contributed by atoms with Crippen molar-refractivity contribution in [3.8, 4) is 0 Å². The Balaban J connectivity index is 1.58. The summed E-state index contributed by atoms with van der Waals surface area (Å²) in [7, 11) is 0. The standard InChI is InChI=1S/C18H19NO3S/c1-18(8-2-3-12-7-10-23-11-12)14-6-9-19(13-4-5-13)16(20)15(14)17(21)22-18/h6-7,9-11,13H,2-5,8H2,1H3. The predicted molar refractivity (Wildman–Crippen MR) is 89.0 cm³/mol. The fourth-order valence-electron chi connectivity index (χ4n) is 3.39. The monoisotopic (exact) mass is 329 g/mol. The largest absolute Gasteiger partial charge is 0.451 e. The van der Waals surface area contributed by atoms with Crippen LogP contribution in [0.25, 0.3) is 0 Å². The van der Waals surface area contributed by atoms with Gasteiger partial charge in [0.2, 0.25) is 0 Å². The Hall–Kier alpha value is -1.88. The van der Waals surface area contributed by atoms with Gasteiger partial charge < -0.3 is 9.30 Å². The normalized spacial score (nSPS) is 22.9. The molecule has 0 radical (unpaired) electrons. The van der Waals surface area contributed by atoms with Crippen molar-refractivity contribution in [2.75, 3.05) is 0 Å². The van der Waals surface area contributed by atoms with E-state index in [1.54, 1.807) is 15.9 Å². The summed E-state index contributed by atoms with van der Waals surface area (Å²) < 4.78 is 7.32. The SMILES string of the molecule is CC1(CCCc2ccsc2)OC(=O)c2c1ccn(C1CC1)c2=O. The zero-order valence-electron chi connectivity index (χ0n) is 13.1. The molecule has 3 heterocycles. The summed E-state index contributed by atoms with van der Waals surface area (Å²) in [5, 5.41) is 4.22. The molecule has 0 spiro atoms. The molecule has 2 aliphatic rings. The minimum atomic E-state index is -0.676. The van der Waals surface area contributed by atoms with E-state index in [0.717, 1.165) is 37.7 Å². The van der Waals surface area contributed by atoms with Gasteiger partial charge in [-0.25, -0.2) is 4.79 Å². The van der Waals surface area contributed by atoms with Crippen LogP contribution in [0.1, 0.15) is 60.1 Å². The number of hydrogen-bond acceptors (Lipinski definition) is 4. The maximum absolute atomic E-state index is 12.6. The minimum Gasteiger partial charge on any atom is -0.451 e. The van der Waals surface area contributed by atoms with Crippen LogP contribution in [0, 0.1) is 0 Å². The maximum Gasteiger partial charge on any atom is 0.345 e. The second-order valence-corrected chi connectivity index (χ2v) is 7.43. The molecule has 23 heavy (non-hydrogen) atoms. The van der Waals surface area contributed by atoms with Gasteiger partial charge in [-0.1, -0.05) is 0 Å². The van der Waals surface area contributed by atoms with Gasteiger partial charge in [0.25, 0.3) is 5.56 Å². The predicted octanol–water partition coefficient (Wildman–Crippen LogP) is 3.65. The Morgan fingerprint density at radius 3 is 2.87 bits per heavy atom. The molecule has 0 N–H and O–H groups in total. The number of carbonyl (C=O) groups is 1. The lowest BCUT2D eigenvalue weighted by Crippen LogP contribution is -2.25. The molecule has 1 aliphatic carbocycles. The number of thiophene rings is 1. The molecule has 2 aromatic rings. The number of aromatic nitrogens is 1. The van der Waals surface area contributed by atoms with Crippen LogP contribution in [0.2, 0.25) is 0 Å². The zero-order chi connectivity index (χ0) is 16.0. The van der Waals surface area contributed by atoms with Gasteiger partial charge in [0.15, 0.2) is 0 Å². The van der Waals surface area contributed by atoms with Crippen molar-refractivity contribution < 1.29 is 9.53 Å². The first-order valence-corrected chi connectivity index (χ1v) is 9.03. The molecule has 2 aromatic heterocycles. The highest BCUT2D eigenvalue weighted by Gasteiger charge is 2.44. The number of nitrogens with zero attached hydrogens (tertiary/aromatic N) is 1. The van der Waals surface area contributed by atoms with Gasteiger partial charge in [-0.05, 0) is 67.5 Å². The molecule has 4 nitrogen and oxygen atoms in total. The van der Waals surface area contributed by atoms with Gasteiger partial charge in [0.1, 0.15) is 11.2 Å².